The van der Waals surface area contributed by atoms with Crippen LogP contribution in [0.25, 0.3) is 0 Å². The van der Waals surface area contributed by atoms with Crippen molar-refractivity contribution in [1.29, 1.82) is 0 Å². The summed E-state index contributed by atoms with van der Waals surface area (Å²) in [4.78, 5) is -0.0667. The summed E-state index contributed by atoms with van der Waals surface area (Å²) in [6.45, 7) is 0. The summed E-state index contributed by atoms with van der Waals surface area (Å²) in [6.07, 6.45) is 2.71. The molecule has 2 aromatic carbocycles. The highest BCUT2D eigenvalue weighted by Crippen LogP contribution is 2.26. The molecule has 0 N–H and O–H groups in total. The van der Waals surface area contributed by atoms with Gasteiger partial charge in [0.2, 0.25) is 0 Å². The first-order chi connectivity index (χ1) is 14.0. The molecule has 156 valence electrons. The second-order valence-corrected chi connectivity index (χ2v) is 11.6. The van der Waals surface area contributed by atoms with Gasteiger partial charge in [0.1, 0.15) is 0 Å². The molecule has 2 aromatic rings. The summed E-state index contributed by atoms with van der Waals surface area (Å²) in [7, 11) is -8.02. The van der Waals surface area contributed by atoms with Crippen LogP contribution in [0.3, 0.4) is 0 Å². The Labute approximate surface area is 200 Å². The molecule has 0 unspecified atom stereocenters. The highest BCUT2D eigenvalue weighted by atomic mass is 79.9. The molecule has 0 aliphatic heterocycles. The van der Waals surface area contributed by atoms with Crippen LogP contribution < -0.4 is 0 Å². The van der Waals surface area contributed by atoms with Gasteiger partial charge in [-0.3, -0.25) is 0 Å². The molecule has 0 saturated carbocycles. The van der Waals surface area contributed by atoms with Gasteiger partial charge in [0, 0.05) is 19.0 Å². The lowest BCUT2D eigenvalue weighted by Crippen LogP contribution is -2.12. The molecular formula is C18H10Br2Cl2N2O4S2. The molecule has 0 aromatic heterocycles. The van der Waals surface area contributed by atoms with E-state index in [-0.39, 0.29) is 30.2 Å². The number of hydrogen-bond donors (Lipinski definition) is 0. The number of nitrogens with zero attached hydrogens (tertiary/aromatic N) is 2. The molecule has 6 nitrogen and oxygen atoms in total. The maximum absolute atomic E-state index is 12.5. The number of rotatable bonds is 4. The van der Waals surface area contributed by atoms with Crippen molar-refractivity contribution in [2.75, 3.05) is 0 Å². The normalized spacial score (nSPS) is 17.7. The van der Waals surface area contributed by atoms with Crippen LogP contribution in [0.5, 0.6) is 0 Å². The van der Waals surface area contributed by atoms with E-state index in [1.807, 2.05) is 0 Å². The van der Waals surface area contributed by atoms with Crippen LogP contribution >= 0.6 is 55.1 Å². The molecule has 1 aliphatic rings. The van der Waals surface area contributed by atoms with Gasteiger partial charge < -0.3 is 0 Å². The Kier molecular flexibility index (Phi) is 7.05. The molecule has 12 heteroatoms. The summed E-state index contributed by atoms with van der Waals surface area (Å²) >= 11 is 18.0. The molecule has 3 rings (SSSR count). The van der Waals surface area contributed by atoms with Gasteiger partial charge in [-0.25, -0.2) is 0 Å². The molecule has 0 spiro atoms. The van der Waals surface area contributed by atoms with E-state index in [2.05, 4.69) is 40.7 Å². The van der Waals surface area contributed by atoms with Crippen molar-refractivity contribution in [2.45, 2.75) is 9.79 Å². The topological polar surface area (TPSA) is 93.0 Å². The molecule has 0 amide bonds. The van der Waals surface area contributed by atoms with E-state index < -0.39 is 20.0 Å². The second-order valence-electron chi connectivity index (χ2n) is 5.80. The Bertz CT molecular complexity index is 1230. The predicted octanol–water partition coefficient (Wildman–Crippen LogP) is 5.52. The van der Waals surface area contributed by atoms with Crippen molar-refractivity contribution in [1.82, 2.24) is 0 Å². The first-order valence-corrected chi connectivity index (χ1v) is 13.2. The van der Waals surface area contributed by atoms with Gasteiger partial charge in [0.15, 0.2) is 0 Å². The average molecular weight is 613 g/mol. The number of sulfonamides is 2. The Morgan fingerprint density at radius 2 is 0.900 bits per heavy atom. The summed E-state index contributed by atoms with van der Waals surface area (Å²) in [5, 5.41) is 0.788. The van der Waals surface area contributed by atoms with Gasteiger partial charge in [0.05, 0.1) is 21.2 Å². The molecule has 1 aliphatic carbocycles. The van der Waals surface area contributed by atoms with Gasteiger partial charge in [-0.1, -0.05) is 23.2 Å². The first-order valence-electron chi connectivity index (χ1n) is 7.94. The number of halogens is 4. The van der Waals surface area contributed by atoms with Gasteiger partial charge in [-0.2, -0.15) is 25.6 Å². The van der Waals surface area contributed by atoms with Crippen LogP contribution in [0.4, 0.5) is 0 Å². The summed E-state index contributed by atoms with van der Waals surface area (Å²) < 4.78 is 58.2. The predicted molar refractivity (Wildman–Crippen MR) is 126 cm³/mol. The van der Waals surface area contributed by atoms with E-state index >= 15 is 0 Å². The number of hydrogen-bond acceptors (Lipinski definition) is 4. The zero-order valence-electron chi connectivity index (χ0n) is 14.6. The van der Waals surface area contributed by atoms with Crippen molar-refractivity contribution in [3.8, 4) is 0 Å². The minimum Gasteiger partial charge on any atom is -0.199 e. The van der Waals surface area contributed by atoms with Crippen LogP contribution in [-0.4, -0.2) is 28.3 Å². The average Bonchev–Trinajstić information content (AvgIpc) is 2.66. The Hall–Kier alpha value is -1.30. The molecule has 0 bridgehead atoms. The van der Waals surface area contributed by atoms with Crippen molar-refractivity contribution in [3.05, 3.63) is 79.7 Å². The van der Waals surface area contributed by atoms with Crippen LogP contribution in [0.15, 0.2) is 88.2 Å². The SMILES string of the molecule is O=S(=O)(/N=C1C=C(Br)/C(=N/S(=O)(=O)c2ccc(Cl)cc2)C=C\1Br)c1ccc(Cl)cc1. The first kappa shape index (κ1) is 23.4. The van der Waals surface area contributed by atoms with Gasteiger partial charge in [-0.05, 0) is 92.5 Å². The fourth-order valence-corrected chi connectivity index (χ4v) is 5.56. The highest BCUT2D eigenvalue weighted by Gasteiger charge is 2.22. The standard InChI is InChI=1S/C18H10Br2Cl2N2O4S2/c19-15-10-18(24-30(27,28)14-7-3-12(22)4-8-14)16(20)9-17(15)23-29(25,26)13-5-1-11(21)2-6-13/h1-10H/b23-17+,24-18+. The lowest BCUT2D eigenvalue weighted by Gasteiger charge is -2.11. The lowest BCUT2D eigenvalue weighted by molar-refractivity contribution is 0.596. The smallest absolute Gasteiger partial charge is 0.199 e. The van der Waals surface area contributed by atoms with E-state index in [0.717, 1.165) is 0 Å². The van der Waals surface area contributed by atoms with E-state index in [0.29, 0.717) is 10.0 Å². The zero-order chi connectivity index (χ0) is 22.1. The maximum atomic E-state index is 12.5. The van der Waals surface area contributed by atoms with Crippen LogP contribution in [-0.2, 0) is 20.0 Å². The van der Waals surface area contributed by atoms with E-state index in [4.69, 9.17) is 23.2 Å². The van der Waals surface area contributed by atoms with Crippen LogP contribution in [0.1, 0.15) is 0 Å². The zero-order valence-corrected chi connectivity index (χ0v) is 20.9. The molecule has 0 saturated heterocycles. The van der Waals surface area contributed by atoms with Gasteiger partial charge in [-0.15, -0.1) is 0 Å². The third-order valence-corrected chi connectivity index (χ3v) is 8.06. The Balaban J connectivity index is 1.97. The van der Waals surface area contributed by atoms with Gasteiger partial charge in [0.25, 0.3) is 20.0 Å². The summed E-state index contributed by atoms with van der Waals surface area (Å²) in [5.41, 5.74) is 0.138. The van der Waals surface area contributed by atoms with Crippen molar-refractivity contribution >= 4 is 86.5 Å². The highest BCUT2D eigenvalue weighted by molar-refractivity contribution is 9.12. The summed E-state index contributed by atoms with van der Waals surface area (Å²) in [6, 6.07) is 11.1. The lowest BCUT2D eigenvalue weighted by atomic mass is 10.1. The number of allylic oxidation sites excluding steroid dienone is 4. The van der Waals surface area contributed by atoms with Crippen molar-refractivity contribution in [2.24, 2.45) is 8.80 Å². The minimum absolute atomic E-state index is 0.0333. The van der Waals surface area contributed by atoms with Crippen molar-refractivity contribution in [3.63, 3.8) is 0 Å². The van der Waals surface area contributed by atoms with E-state index in [9.17, 15) is 16.8 Å². The van der Waals surface area contributed by atoms with Crippen molar-refractivity contribution < 1.29 is 16.8 Å². The largest absolute Gasteiger partial charge is 0.282 e. The minimum atomic E-state index is -4.01. The molecule has 0 heterocycles. The molecule has 30 heavy (non-hydrogen) atoms. The van der Waals surface area contributed by atoms with Gasteiger partial charge >= 0.3 is 0 Å². The Morgan fingerprint density at radius 1 is 0.600 bits per heavy atom. The van der Waals surface area contributed by atoms with E-state index in [1.54, 1.807) is 0 Å². The number of benzene rings is 2. The molecule has 0 fully saturated rings. The molecule has 0 radical (unpaired) electrons. The van der Waals surface area contributed by atoms with E-state index in [1.165, 1.54) is 60.7 Å². The van der Waals surface area contributed by atoms with Crippen LogP contribution in [0, 0.1) is 0 Å². The van der Waals surface area contributed by atoms with Crippen LogP contribution in [0.2, 0.25) is 10.0 Å². The molecular weight excluding hydrogens is 603 g/mol. The second kappa shape index (κ2) is 9.05. The third-order valence-electron chi connectivity index (χ3n) is 3.68. The summed E-state index contributed by atoms with van der Waals surface area (Å²) in [5.74, 6) is 0. The fourth-order valence-electron chi connectivity index (χ4n) is 2.24. The quantitative estimate of drug-likeness (QED) is 0.425. The third kappa shape index (κ3) is 5.49. The monoisotopic (exact) mass is 610 g/mol. The molecule has 0 atom stereocenters. The Morgan fingerprint density at radius 3 is 1.20 bits per heavy atom. The fraction of sp³-hybridized carbons (Fsp3) is 0. The maximum Gasteiger partial charge on any atom is 0.282 e.